The number of fused-ring (bicyclic) bond motifs is 11. The Bertz CT molecular complexity index is 4810. The monoisotopic (exact) mass is 968 g/mol. The summed E-state index contributed by atoms with van der Waals surface area (Å²) in [5, 5.41) is 23.4. The predicted molar refractivity (Wildman–Crippen MR) is 331 cm³/mol. The number of hydrogen-bond donors (Lipinski definition) is 0. The molecule has 0 aliphatic heterocycles. The number of rotatable bonds is 5. The van der Waals surface area contributed by atoms with Crippen LogP contribution in [-0.4, -0.2) is 0 Å². The standard InChI is InChI=1S/C76H56/c1-75(2,3)49-40-48(41-50(42-49)76(4,5)6)67-56-31-17-18-32-57(56)71(55-33-19-27-46-26-13-14-29-52(46)55)73-62-37-21-35-59-63-43-65-68-58(64(63)44-66(69(59)62)74(67)73)34-20-36-61(68)70-53(47-24-11-8-12-25-47)38-39-60(72(65)70)54-30-16-15-28-51(54)45-22-9-7-10-23-45/h7-44H,1-6H3. The van der Waals surface area contributed by atoms with E-state index in [-0.39, 0.29) is 10.8 Å². The molecule has 360 valence electrons. The molecule has 0 heteroatoms. The van der Waals surface area contributed by atoms with E-state index in [4.69, 9.17) is 0 Å². The molecule has 0 amide bonds. The summed E-state index contributed by atoms with van der Waals surface area (Å²) in [7, 11) is 0. The Labute approximate surface area is 444 Å². The normalized spacial score (nSPS) is 12.6. The van der Waals surface area contributed by atoms with Crippen molar-refractivity contribution < 1.29 is 0 Å². The van der Waals surface area contributed by atoms with Crippen LogP contribution in [0.15, 0.2) is 231 Å². The molecule has 15 aromatic rings. The SMILES string of the molecule is CC(C)(C)c1cc(-c2c3ccccc3c(-c3cccc4ccccc34)c3c4cccc5c6cc7c8c(-c9ccccc9-c9ccccc9)ccc(-c9ccccc9)c8c8cccc(c6cc(c23)c54)c87)cc(C(C)(C)C)c1. The van der Waals surface area contributed by atoms with Gasteiger partial charge in [-0.3, -0.25) is 0 Å². The highest BCUT2D eigenvalue weighted by Crippen LogP contribution is 2.56. The van der Waals surface area contributed by atoms with Crippen LogP contribution in [0.4, 0.5) is 0 Å². The van der Waals surface area contributed by atoms with Gasteiger partial charge in [0.15, 0.2) is 0 Å². The van der Waals surface area contributed by atoms with Crippen LogP contribution >= 0.6 is 0 Å². The van der Waals surface area contributed by atoms with Gasteiger partial charge in [-0.1, -0.05) is 260 Å². The third kappa shape index (κ3) is 6.50. The molecule has 0 saturated heterocycles. The highest BCUT2D eigenvalue weighted by molar-refractivity contribution is 6.46. The first kappa shape index (κ1) is 44.6. The van der Waals surface area contributed by atoms with Gasteiger partial charge >= 0.3 is 0 Å². The fraction of sp³-hybridized carbons (Fsp3) is 0.105. The van der Waals surface area contributed by atoms with Crippen molar-refractivity contribution in [3.05, 3.63) is 242 Å². The fourth-order valence-electron chi connectivity index (χ4n) is 13.4. The minimum absolute atomic E-state index is 0.0564. The summed E-state index contributed by atoms with van der Waals surface area (Å²) >= 11 is 0. The van der Waals surface area contributed by atoms with Crippen molar-refractivity contribution in [2.24, 2.45) is 0 Å². The Morgan fingerprint density at radius 1 is 0.211 bits per heavy atom. The van der Waals surface area contributed by atoms with Gasteiger partial charge in [0, 0.05) is 0 Å². The number of hydrogen-bond acceptors (Lipinski definition) is 0. The quantitative estimate of drug-likeness (QED) is 0.151. The molecule has 0 radical (unpaired) electrons. The molecular formula is C76H56. The zero-order chi connectivity index (χ0) is 51.2. The van der Waals surface area contributed by atoms with Crippen molar-refractivity contribution in [1.82, 2.24) is 0 Å². The summed E-state index contributed by atoms with van der Waals surface area (Å²) in [6.07, 6.45) is 0. The zero-order valence-corrected chi connectivity index (χ0v) is 43.9. The summed E-state index contributed by atoms with van der Waals surface area (Å²) in [5.74, 6) is 0. The van der Waals surface area contributed by atoms with Crippen molar-refractivity contribution in [2.45, 2.75) is 52.4 Å². The summed E-state index contributed by atoms with van der Waals surface area (Å²) in [6, 6.07) is 87.7. The first-order valence-electron chi connectivity index (χ1n) is 27.1. The Morgan fingerprint density at radius 2 is 0.632 bits per heavy atom. The van der Waals surface area contributed by atoms with Crippen LogP contribution in [0.2, 0.25) is 0 Å². The topological polar surface area (TPSA) is 0 Å². The van der Waals surface area contributed by atoms with Crippen LogP contribution in [0, 0.1) is 0 Å². The van der Waals surface area contributed by atoms with Gasteiger partial charge in [-0.15, -0.1) is 0 Å². The van der Waals surface area contributed by atoms with Crippen LogP contribution < -0.4 is 0 Å². The zero-order valence-electron chi connectivity index (χ0n) is 43.9. The minimum atomic E-state index is -0.0564. The highest BCUT2D eigenvalue weighted by Gasteiger charge is 2.29. The predicted octanol–water partition coefficient (Wildman–Crippen LogP) is 21.9. The molecule has 0 unspecified atom stereocenters. The van der Waals surface area contributed by atoms with Crippen molar-refractivity contribution in [3.8, 4) is 55.6 Å². The first-order chi connectivity index (χ1) is 37.0. The lowest BCUT2D eigenvalue weighted by Crippen LogP contribution is -2.16. The molecule has 0 saturated carbocycles. The smallest absolute Gasteiger partial charge is 0.000718 e. The molecule has 0 aliphatic carbocycles. The maximum atomic E-state index is 2.60. The van der Waals surface area contributed by atoms with E-state index >= 15 is 0 Å². The van der Waals surface area contributed by atoms with E-state index in [0.717, 1.165) is 0 Å². The van der Waals surface area contributed by atoms with E-state index in [2.05, 4.69) is 272 Å². The lowest BCUT2D eigenvalue weighted by molar-refractivity contribution is 0.569. The number of benzene rings is 13. The van der Waals surface area contributed by atoms with Gasteiger partial charge in [0.05, 0.1) is 0 Å². The van der Waals surface area contributed by atoms with E-state index < -0.39 is 0 Å². The van der Waals surface area contributed by atoms with Crippen molar-refractivity contribution >= 4 is 97.0 Å². The highest BCUT2D eigenvalue weighted by atomic mass is 14.3. The molecule has 0 heterocycles. The molecule has 0 nitrogen and oxygen atoms in total. The first-order valence-corrected chi connectivity index (χ1v) is 27.1. The Balaban J connectivity index is 1.15. The van der Waals surface area contributed by atoms with Gasteiger partial charge in [-0.05, 0) is 187 Å². The third-order valence-corrected chi connectivity index (χ3v) is 17.0. The van der Waals surface area contributed by atoms with Crippen LogP contribution in [0.3, 0.4) is 0 Å². The second-order valence-corrected chi connectivity index (χ2v) is 23.5. The van der Waals surface area contributed by atoms with Gasteiger partial charge in [0.1, 0.15) is 0 Å². The summed E-state index contributed by atoms with van der Waals surface area (Å²) in [6.45, 7) is 14.2. The van der Waals surface area contributed by atoms with Gasteiger partial charge in [-0.2, -0.15) is 0 Å². The van der Waals surface area contributed by atoms with Crippen LogP contribution in [0.25, 0.3) is 153 Å². The Hall–Kier alpha value is -8.84. The van der Waals surface area contributed by atoms with Gasteiger partial charge in [0.25, 0.3) is 0 Å². The molecule has 0 spiro atoms. The molecule has 0 bridgehead atoms. The maximum Gasteiger partial charge on any atom is -0.000718 e. The molecule has 0 aliphatic rings. The average Bonchev–Trinajstić information content (AvgIpc) is 4.19. The van der Waals surface area contributed by atoms with Gasteiger partial charge < -0.3 is 0 Å². The van der Waals surface area contributed by atoms with E-state index in [1.807, 2.05) is 0 Å². The van der Waals surface area contributed by atoms with E-state index in [1.165, 1.54) is 164 Å². The van der Waals surface area contributed by atoms with Gasteiger partial charge in [0.2, 0.25) is 0 Å². The lowest BCUT2D eigenvalue weighted by Gasteiger charge is -2.27. The van der Waals surface area contributed by atoms with Gasteiger partial charge in [-0.25, -0.2) is 0 Å². The third-order valence-electron chi connectivity index (χ3n) is 17.0. The van der Waals surface area contributed by atoms with E-state index in [0.29, 0.717) is 0 Å². The van der Waals surface area contributed by atoms with Crippen LogP contribution in [0.1, 0.15) is 52.7 Å². The molecule has 15 rings (SSSR count). The molecule has 0 aromatic heterocycles. The van der Waals surface area contributed by atoms with Crippen molar-refractivity contribution in [1.29, 1.82) is 0 Å². The minimum Gasteiger partial charge on any atom is -0.0622 e. The molecule has 15 aromatic carbocycles. The van der Waals surface area contributed by atoms with E-state index in [9.17, 15) is 0 Å². The fourth-order valence-corrected chi connectivity index (χ4v) is 13.4. The molecule has 76 heavy (non-hydrogen) atoms. The summed E-state index contributed by atoms with van der Waals surface area (Å²) in [4.78, 5) is 0. The largest absolute Gasteiger partial charge is 0.0622 e. The van der Waals surface area contributed by atoms with Crippen molar-refractivity contribution in [3.63, 3.8) is 0 Å². The summed E-state index contributed by atoms with van der Waals surface area (Å²) in [5.41, 5.74) is 15.2. The molecule has 0 fully saturated rings. The summed E-state index contributed by atoms with van der Waals surface area (Å²) < 4.78 is 0. The molecule has 0 atom stereocenters. The molecule has 0 N–H and O–H groups in total. The molecular weight excluding hydrogens is 913 g/mol. The van der Waals surface area contributed by atoms with Crippen LogP contribution in [-0.2, 0) is 10.8 Å². The van der Waals surface area contributed by atoms with Crippen LogP contribution in [0.5, 0.6) is 0 Å². The lowest BCUT2D eigenvalue weighted by atomic mass is 9.77. The Kier molecular flexibility index (Phi) is 9.59. The maximum absolute atomic E-state index is 2.60. The van der Waals surface area contributed by atoms with Crippen molar-refractivity contribution in [2.75, 3.05) is 0 Å². The Morgan fingerprint density at radius 3 is 1.26 bits per heavy atom. The second kappa shape index (κ2) is 16.3. The second-order valence-electron chi connectivity index (χ2n) is 23.5. The average molecular weight is 969 g/mol. The van der Waals surface area contributed by atoms with E-state index in [1.54, 1.807) is 0 Å².